The van der Waals surface area contributed by atoms with Crippen molar-refractivity contribution < 1.29 is 22.2 Å². The molecule has 0 aliphatic carbocycles. The molecule has 0 radical (unpaired) electrons. The predicted molar refractivity (Wildman–Crippen MR) is 62.6 cm³/mol. The molecule has 0 saturated heterocycles. The number of hydrogen-bond donors (Lipinski definition) is 1. The van der Waals surface area contributed by atoms with Gasteiger partial charge in [-0.05, 0) is 18.2 Å². The molecule has 8 heteroatoms. The lowest BCUT2D eigenvalue weighted by Crippen LogP contribution is -2.12. The average Bonchev–Trinajstić information content (AvgIpc) is 2.27. The lowest BCUT2D eigenvalue weighted by Gasteiger charge is -2.12. The Morgan fingerprint density at radius 1 is 1.47 bits per heavy atom. The van der Waals surface area contributed by atoms with Gasteiger partial charge in [0.1, 0.15) is 5.75 Å². The van der Waals surface area contributed by atoms with Gasteiger partial charge in [0, 0.05) is 6.92 Å². The van der Waals surface area contributed by atoms with Crippen molar-refractivity contribution in [1.82, 2.24) is 0 Å². The summed E-state index contributed by atoms with van der Waals surface area (Å²) in [7, 11) is -1.79. The number of hydrogen-bond acceptors (Lipinski definition) is 3. The lowest BCUT2D eigenvalue weighted by molar-refractivity contribution is -0.137. The maximum absolute atomic E-state index is 12.5. The van der Waals surface area contributed by atoms with Crippen LogP contribution >= 0.6 is 0 Å². The molecular formula is C11H9F3N2O2S. The molecule has 0 spiro atoms. The zero-order valence-corrected chi connectivity index (χ0v) is 10.6. The van der Waals surface area contributed by atoms with Crippen LogP contribution in [0.2, 0.25) is 0 Å². The highest BCUT2D eigenvalue weighted by atomic mass is 32.2. The van der Waals surface area contributed by atoms with Gasteiger partial charge in [-0.25, -0.2) is 0 Å². The molecule has 4 nitrogen and oxygen atoms in total. The molecule has 1 N–H and O–H groups in total. The zero-order valence-electron chi connectivity index (χ0n) is 9.75. The Labute approximate surface area is 109 Å². The number of nitrogens with zero attached hydrogens (tertiary/aromatic N) is 1. The fourth-order valence-corrected chi connectivity index (χ4v) is 2.18. The molecule has 0 bridgehead atoms. The summed E-state index contributed by atoms with van der Waals surface area (Å²) in [4.78, 5) is 10.9. The molecule has 1 unspecified atom stereocenters. The molecule has 1 amide bonds. The monoisotopic (exact) mass is 290 g/mol. The first-order chi connectivity index (χ1) is 8.75. The summed E-state index contributed by atoms with van der Waals surface area (Å²) in [5.41, 5.74) is -1.16. The Balaban J connectivity index is 3.29. The summed E-state index contributed by atoms with van der Waals surface area (Å²) >= 11 is 0. The van der Waals surface area contributed by atoms with Crippen LogP contribution in [0, 0.1) is 11.3 Å². The number of nitriles is 1. The Morgan fingerprint density at radius 2 is 2.11 bits per heavy atom. The summed E-state index contributed by atoms with van der Waals surface area (Å²) in [6.07, 6.45) is -4.57. The van der Waals surface area contributed by atoms with Gasteiger partial charge in [0.2, 0.25) is 5.91 Å². The minimum atomic E-state index is -4.57. The van der Waals surface area contributed by atoms with Gasteiger partial charge in [0.05, 0.1) is 33.0 Å². The Bertz CT molecular complexity index is 564. The number of halogens is 3. The molecule has 102 valence electrons. The highest BCUT2D eigenvalue weighted by Gasteiger charge is 2.31. The van der Waals surface area contributed by atoms with Crippen LogP contribution in [-0.2, 0) is 21.8 Å². The predicted octanol–water partition coefficient (Wildman–Crippen LogP) is 2.29. The van der Waals surface area contributed by atoms with E-state index in [0.717, 1.165) is 19.1 Å². The third kappa shape index (κ3) is 4.06. The molecule has 0 heterocycles. The lowest BCUT2D eigenvalue weighted by atomic mass is 10.2. The SMILES string of the molecule is CC(=O)Nc1cc(C(F)(F)F)ccc1S(=O)CC#N. The molecule has 0 fully saturated rings. The van der Waals surface area contributed by atoms with Crippen molar-refractivity contribution in [3.8, 4) is 6.07 Å². The highest BCUT2D eigenvalue weighted by molar-refractivity contribution is 7.85. The number of carbonyl (C=O) groups excluding carboxylic acids is 1. The number of rotatable bonds is 3. The molecule has 0 aromatic heterocycles. The van der Waals surface area contributed by atoms with Crippen LogP contribution < -0.4 is 5.32 Å². The van der Waals surface area contributed by atoms with E-state index in [-0.39, 0.29) is 16.3 Å². The Kier molecular flexibility index (Phi) is 4.67. The quantitative estimate of drug-likeness (QED) is 0.928. The maximum Gasteiger partial charge on any atom is 0.416 e. The van der Waals surface area contributed by atoms with Gasteiger partial charge in [-0.2, -0.15) is 18.4 Å². The summed E-state index contributed by atoms with van der Waals surface area (Å²) in [6, 6.07) is 4.12. The van der Waals surface area contributed by atoms with E-state index in [9.17, 15) is 22.2 Å². The Hall–Kier alpha value is -1.88. The van der Waals surface area contributed by atoms with E-state index < -0.39 is 28.4 Å². The largest absolute Gasteiger partial charge is 0.416 e. The average molecular weight is 290 g/mol. The first-order valence-electron chi connectivity index (χ1n) is 5.00. The first-order valence-corrected chi connectivity index (χ1v) is 6.31. The van der Waals surface area contributed by atoms with Crippen molar-refractivity contribution in [3.63, 3.8) is 0 Å². The van der Waals surface area contributed by atoms with Crippen LogP contribution in [0.25, 0.3) is 0 Å². The molecule has 1 aromatic carbocycles. The summed E-state index contributed by atoms with van der Waals surface area (Å²) in [6.45, 7) is 1.12. The van der Waals surface area contributed by atoms with E-state index in [1.54, 1.807) is 6.07 Å². The van der Waals surface area contributed by atoms with E-state index >= 15 is 0 Å². The van der Waals surface area contributed by atoms with Crippen molar-refractivity contribution in [3.05, 3.63) is 23.8 Å². The molecule has 19 heavy (non-hydrogen) atoms. The van der Waals surface area contributed by atoms with Gasteiger partial charge in [0.25, 0.3) is 0 Å². The van der Waals surface area contributed by atoms with Crippen LogP contribution in [-0.4, -0.2) is 15.9 Å². The zero-order chi connectivity index (χ0) is 14.6. The van der Waals surface area contributed by atoms with Crippen LogP contribution in [0.1, 0.15) is 12.5 Å². The normalized spacial score (nSPS) is 12.6. The maximum atomic E-state index is 12.5. The number of nitrogens with one attached hydrogen (secondary N) is 1. The van der Waals surface area contributed by atoms with Crippen molar-refractivity contribution in [2.24, 2.45) is 0 Å². The number of alkyl halides is 3. The van der Waals surface area contributed by atoms with E-state index in [0.29, 0.717) is 6.07 Å². The third-order valence-electron chi connectivity index (χ3n) is 2.06. The van der Waals surface area contributed by atoms with Gasteiger partial charge in [0.15, 0.2) is 0 Å². The summed E-state index contributed by atoms with van der Waals surface area (Å²) in [5.74, 6) is -0.952. The van der Waals surface area contributed by atoms with Crippen LogP contribution in [0.15, 0.2) is 23.1 Å². The molecule has 1 rings (SSSR count). The molecule has 0 saturated carbocycles. The minimum absolute atomic E-state index is 0.00949. The van der Waals surface area contributed by atoms with Gasteiger partial charge >= 0.3 is 6.18 Å². The number of benzene rings is 1. The molecule has 1 atom stereocenters. The van der Waals surface area contributed by atoms with Crippen LogP contribution in [0.3, 0.4) is 0 Å². The third-order valence-corrected chi connectivity index (χ3v) is 3.30. The van der Waals surface area contributed by atoms with Crippen LogP contribution in [0.5, 0.6) is 0 Å². The van der Waals surface area contributed by atoms with Crippen molar-refractivity contribution in [2.75, 3.05) is 11.1 Å². The molecular weight excluding hydrogens is 281 g/mol. The smallest absolute Gasteiger partial charge is 0.325 e. The first kappa shape index (κ1) is 15.2. The highest BCUT2D eigenvalue weighted by Crippen LogP contribution is 2.33. The summed E-state index contributed by atoms with van der Waals surface area (Å²) in [5, 5.41) is 10.6. The topological polar surface area (TPSA) is 70.0 Å². The van der Waals surface area contributed by atoms with Gasteiger partial charge < -0.3 is 5.32 Å². The number of carbonyl (C=O) groups is 1. The van der Waals surface area contributed by atoms with E-state index in [1.165, 1.54) is 0 Å². The van der Waals surface area contributed by atoms with E-state index in [4.69, 9.17) is 5.26 Å². The Morgan fingerprint density at radius 3 is 2.58 bits per heavy atom. The fourth-order valence-electron chi connectivity index (χ4n) is 1.33. The fraction of sp³-hybridized carbons (Fsp3) is 0.273. The number of anilines is 1. The van der Waals surface area contributed by atoms with E-state index in [1.807, 2.05) is 0 Å². The van der Waals surface area contributed by atoms with Crippen molar-refractivity contribution in [1.29, 1.82) is 5.26 Å². The second kappa shape index (κ2) is 5.84. The van der Waals surface area contributed by atoms with Gasteiger partial charge in [-0.1, -0.05) is 0 Å². The second-order valence-electron chi connectivity index (χ2n) is 3.54. The molecule has 0 aliphatic heterocycles. The second-order valence-corrected chi connectivity index (χ2v) is 4.96. The number of amides is 1. The minimum Gasteiger partial charge on any atom is -0.325 e. The van der Waals surface area contributed by atoms with Gasteiger partial charge in [-0.15, -0.1) is 0 Å². The van der Waals surface area contributed by atoms with Crippen LogP contribution in [0.4, 0.5) is 18.9 Å². The molecule has 1 aromatic rings. The molecule has 0 aliphatic rings. The summed E-state index contributed by atoms with van der Waals surface area (Å²) < 4.78 is 49.3. The van der Waals surface area contributed by atoms with E-state index in [2.05, 4.69) is 5.32 Å². The van der Waals surface area contributed by atoms with Crippen molar-refractivity contribution in [2.45, 2.75) is 18.0 Å². The standard InChI is InChI=1S/C11H9F3N2O2S/c1-7(17)16-9-6-8(11(12,13)14)2-3-10(9)19(18)5-4-15/h2-3,6H,5H2,1H3,(H,16,17). The van der Waals surface area contributed by atoms with Crippen molar-refractivity contribution >= 4 is 22.4 Å². The van der Waals surface area contributed by atoms with Gasteiger partial charge in [-0.3, -0.25) is 9.00 Å².